The SMILES string of the molecule is C#CCC(NC(=O)c1ccc(OCC)c(OC)c1)C(=O)O. The van der Waals surface area contributed by atoms with Gasteiger partial charge in [-0.3, -0.25) is 4.79 Å². The fourth-order valence-corrected chi connectivity index (χ4v) is 1.64. The van der Waals surface area contributed by atoms with Crippen LogP contribution < -0.4 is 14.8 Å². The summed E-state index contributed by atoms with van der Waals surface area (Å²) in [6.45, 7) is 2.29. The largest absolute Gasteiger partial charge is 0.493 e. The van der Waals surface area contributed by atoms with Crippen LogP contribution in [0.3, 0.4) is 0 Å². The van der Waals surface area contributed by atoms with Gasteiger partial charge in [-0.2, -0.15) is 0 Å². The van der Waals surface area contributed by atoms with Crippen LogP contribution >= 0.6 is 0 Å². The highest BCUT2D eigenvalue weighted by molar-refractivity contribution is 5.97. The number of nitrogens with one attached hydrogen (secondary N) is 1. The van der Waals surface area contributed by atoms with Gasteiger partial charge in [0, 0.05) is 12.0 Å². The van der Waals surface area contributed by atoms with E-state index in [1.807, 2.05) is 6.92 Å². The van der Waals surface area contributed by atoms with Crippen LogP contribution in [0.1, 0.15) is 23.7 Å². The number of methoxy groups -OCH3 is 1. The highest BCUT2D eigenvalue weighted by Gasteiger charge is 2.20. The molecule has 0 saturated carbocycles. The Labute approximate surface area is 123 Å². The van der Waals surface area contributed by atoms with E-state index in [9.17, 15) is 9.59 Å². The molecule has 0 aliphatic heterocycles. The van der Waals surface area contributed by atoms with Crippen LogP contribution in [-0.4, -0.2) is 36.7 Å². The molecule has 0 heterocycles. The molecular formula is C15H17NO5. The topological polar surface area (TPSA) is 84.9 Å². The summed E-state index contributed by atoms with van der Waals surface area (Å²) in [6, 6.07) is 3.47. The first-order valence-electron chi connectivity index (χ1n) is 6.31. The normalized spacial score (nSPS) is 11.1. The van der Waals surface area contributed by atoms with Gasteiger partial charge in [-0.05, 0) is 25.1 Å². The quantitative estimate of drug-likeness (QED) is 0.740. The molecule has 0 aliphatic rings. The molecule has 0 aromatic heterocycles. The molecule has 1 rings (SSSR count). The molecule has 0 radical (unpaired) electrons. The minimum Gasteiger partial charge on any atom is -0.493 e. The second-order valence-electron chi connectivity index (χ2n) is 4.07. The number of terminal acetylenes is 1. The Morgan fingerprint density at radius 1 is 1.43 bits per heavy atom. The standard InChI is InChI=1S/C15H17NO5/c1-4-6-11(15(18)19)16-14(17)10-7-8-12(21-5-2)13(9-10)20-3/h1,7-9,11H,5-6H2,2-3H3,(H,16,17)(H,18,19). The minimum atomic E-state index is -1.18. The maximum Gasteiger partial charge on any atom is 0.327 e. The van der Waals surface area contributed by atoms with Gasteiger partial charge in [-0.1, -0.05) is 0 Å². The van der Waals surface area contributed by atoms with E-state index < -0.39 is 17.9 Å². The fraction of sp³-hybridized carbons (Fsp3) is 0.333. The summed E-state index contributed by atoms with van der Waals surface area (Å²) in [5.41, 5.74) is 0.263. The number of benzene rings is 1. The highest BCUT2D eigenvalue weighted by atomic mass is 16.5. The van der Waals surface area contributed by atoms with Gasteiger partial charge in [-0.25, -0.2) is 4.79 Å². The van der Waals surface area contributed by atoms with Crippen LogP contribution in [0.4, 0.5) is 0 Å². The summed E-state index contributed by atoms with van der Waals surface area (Å²) < 4.78 is 10.5. The third-order valence-corrected chi connectivity index (χ3v) is 2.65. The van der Waals surface area contributed by atoms with E-state index in [1.54, 1.807) is 6.07 Å². The molecule has 21 heavy (non-hydrogen) atoms. The third kappa shape index (κ3) is 4.42. The molecule has 2 N–H and O–H groups in total. The maximum atomic E-state index is 12.0. The van der Waals surface area contributed by atoms with Gasteiger partial charge in [0.1, 0.15) is 6.04 Å². The van der Waals surface area contributed by atoms with Crippen molar-refractivity contribution in [3.63, 3.8) is 0 Å². The average Bonchev–Trinajstić information content (AvgIpc) is 2.47. The Morgan fingerprint density at radius 3 is 2.67 bits per heavy atom. The molecule has 1 unspecified atom stereocenters. The second-order valence-corrected chi connectivity index (χ2v) is 4.07. The first-order chi connectivity index (χ1) is 10.0. The lowest BCUT2D eigenvalue weighted by molar-refractivity contribution is -0.139. The van der Waals surface area contributed by atoms with Crippen molar-refractivity contribution in [3.8, 4) is 23.8 Å². The number of hydrogen-bond donors (Lipinski definition) is 2. The van der Waals surface area contributed by atoms with Crippen LogP contribution in [0.2, 0.25) is 0 Å². The number of aliphatic carboxylic acids is 1. The lowest BCUT2D eigenvalue weighted by Crippen LogP contribution is -2.40. The van der Waals surface area contributed by atoms with Gasteiger partial charge in [-0.15, -0.1) is 12.3 Å². The van der Waals surface area contributed by atoms with E-state index in [2.05, 4.69) is 11.2 Å². The summed E-state index contributed by atoms with van der Waals surface area (Å²) in [4.78, 5) is 23.0. The molecule has 6 nitrogen and oxygen atoms in total. The molecule has 1 amide bonds. The monoisotopic (exact) mass is 291 g/mol. The number of carbonyl (C=O) groups excluding carboxylic acids is 1. The van der Waals surface area contributed by atoms with E-state index in [1.165, 1.54) is 19.2 Å². The predicted molar refractivity (Wildman–Crippen MR) is 76.5 cm³/mol. The molecule has 0 aliphatic carbocycles. The van der Waals surface area contributed by atoms with Gasteiger partial charge >= 0.3 is 5.97 Å². The van der Waals surface area contributed by atoms with E-state index in [4.69, 9.17) is 21.0 Å². The molecule has 0 fully saturated rings. The van der Waals surface area contributed by atoms with Crippen LogP contribution in [-0.2, 0) is 4.79 Å². The first kappa shape index (κ1) is 16.4. The van der Waals surface area contributed by atoms with Crippen molar-refractivity contribution in [3.05, 3.63) is 23.8 Å². The molecule has 6 heteroatoms. The smallest absolute Gasteiger partial charge is 0.327 e. The van der Waals surface area contributed by atoms with Crippen molar-refractivity contribution >= 4 is 11.9 Å². The van der Waals surface area contributed by atoms with Crippen molar-refractivity contribution in [1.29, 1.82) is 0 Å². The van der Waals surface area contributed by atoms with Crippen LogP contribution in [0.15, 0.2) is 18.2 Å². The zero-order chi connectivity index (χ0) is 15.8. The number of carboxylic acids is 1. The zero-order valence-electron chi connectivity index (χ0n) is 11.9. The van der Waals surface area contributed by atoms with Crippen molar-refractivity contribution in [2.75, 3.05) is 13.7 Å². The molecule has 112 valence electrons. The molecule has 0 spiro atoms. The number of carboxylic acid groups (broad SMARTS) is 1. The zero-order valence-corrected chi connectivity index (χ0v) is 11.9. The summed E-state index contributed by atoms with van der Waals surface area (Å²) >= 11 is 0. The van der Waals surface area contributed by atoms with Gasteiger partial charge in [0.05, 0.1) is 13.7 Å². The summed E-state index contributed by atoms with van der Waals surface area (Å²) in [6.07, 6.45) is 4.99. The van der Waals surface area contributed by atoms with Crippen molar-refractivity contribution in [2.45, 2.75) is 19.4 Å². The number of ether oxygens (including phenoxy) is 2. The Morgan fingerprint density at radius 2 is 2.14 bits per heavy atom. The summed E-state index contributed by atoms with van der Waals surface area (Å²) in [5.74, 6) is 1.40. The summed E-state index contributed by atoms with van der Waals surface area (Å²) in [7, 11) is 1.46. The highest BCUT2D eigenvalue weighted by Crippen LogP contribution is 2.28. The predicted octanol–water partition coefficient (Wildman–Crippen LogP) is 1.30. The first-order valence-corrected chi connectivity index (χ1v) is 6.31. The summed E-state index contributed by atoms with van der Waals surface area (Å²) in [5, 5.41) is 11.3. The van der Waals surface area contributed by atoms with Crippen molar-refractivity contribution in [2.24, 2.45) is 0 Å². The third-order valence-electron chi connectivity index (χ3n) is 2.65. The Kier molecular flexibility index (Phi) is 6.08. The Bertz CT molecular complexity index is 562. The molecule has 0 saturated heterocycles. The van der Waals surface area contributed by atoms with Crippen molar-refractivity contribution < 1.29 is 24.2 Å². The Hall–Kier alpha value is -2.68. The lowest BCUT2D eigenvalue weighted by atomic mass is 10.1. The van der Waals surface area contributed by atoms with Gasteiger partial charge in [0.2, 0.25) is 0 Å². The Balaban J connectivity index is 2.92. The van der Waals surface area contributed by atoms with Crippen LogP contribution in [0, 0.1) is 12.3 Å². The van der Waals surface area contributed by atoms with Gasteiger partial charge in [0.15, 0.2) is 11.5 Å². The minimum absolute atomic E-state index is 0.0881. The van der Waals surface area contributed by atoms with E-state index in [0.29, 0.717) is 18.1 Å². The van der Waals surface area contributed by atoms with Gasteiger partial charge < -0.3 is 19.9 Å². The number of rotatable bonds is 7. The molecule has 1 aromatic rings. The molecule has 0 bridgehead atoms. The van der Waals surface area contributed by atoms with E-state index >= 15 is 0 Å². The maximum absolute atomic E-state index is 12.0. The molecule has 1 aromatic carbocycles. The number of carbonyl (C=O) groups is 2. The van der Waals surface area contributed by atoms with Crippen LogP contribution in [0.5, 0.6) is 11.5 Å². The fourth-order valence-electron chi connectivity index (χ4n) is 1.64. The van der Waals surface area contributed by atoms with E-state index in [0.717, 1.165) is 0 Å². The van der Waals surface area contributed by atoms with Crippen LogP contribution in [0.25, 0.3) is 0 Å². The lowest BCUT2D eigenvalue weighted by Gasteiger charge is -2.14. The number of hydrogen-bond acceptors (Lipinski definition) is 4. The van der Waals surface area contributed by atoms with Crippen molar-refractivity contribution in [1.82, 2.24) is 5.32 Å². The number of amides is 1. The average molecular weight is 291 g/mol. The molecular weight excluding hydrogens is 274 g/mol. The molecule has 1 atom stereocenters. The van der Waals surface area contributed by atoms with E-state index in [-0.39, 0.29) is 12.0 Å². The van der Waals surface area contributed by atoms with Gasteiger partial charge in [0.25, 0.3) is 5.91 Å². The second kappa shape index (κ2) is 7.80.